The average molecular weight is 402 g/mol. The van der Waals surface area contributed by atoms with Gasteiger partial charge in [0, 0.05) is 24.9 Å². The molecule has 0 spiro atoms. The van der Waals surface area contributed by atoms with Crippen LogP contribution in [0.15, 0.2) is 29.6 Å². The predicted molar refractivity (Wildman–Crippen MR) is 106 cm³/mol. The summed E-state index contributed by atoms with van der Waals surface area (Å²) in [6, 6.07) is 6.72. The van der Waals surface area contributed by atoms with Crippen molar-refractivity contribution >= 4 is 39.9 Å². The van der Waals surface area contributed by atoms with Crippen molar-refractivity contribution in [2.24, 2.45) is 5.92 Å². The summed E-state index contributed by atoms with van der Waals surface area (Å²) in [7, 11) is 5.19. The first-order valence-electron chi connectivity index (χ1n) is 8.76. The van der Waals surface area contributed by atoms with Gasteiger partial charge in [0.15, 0.2) is 5.13 Å². The lowest BCUT2D eigenvalue weighted by Crippen LogP contribution is -2.29. The standard InChI is InChI=1S/C19H22N4O4S/c1-22(2)10-13-11-28-19(20-13)21-17(25)12-8-16(24)23(9-12)15-7-5-4-6-14(15)18(26)27-3/h4-7,11-12H,8-10H2,1-3H3,(H,20,21,25). The normalized spacial score (nSPS) is 16.5. The molecule has 0 aliphatic carbocycles. The minimum absolute atomic E-state index is 0.0806. The fourth-order valence-corrected chi connectivity index (χ4v) is 3.78. The van der Waals surface area contributed by atoms with Crippen LogP contribution in [0.4, 0.5) is 10.8 Å². The van der Waals surface area contributed by atoms with E-state index in [0.717, 1.165) is 5.69 Å². The molecule has 0 saturated carbocycles. The number of rotatable bonds is 6. The lowest BCUT2D eigenvalue weighted by molar-refractivity contribution is -0.122. The monoisotopic (exact) mass is 402 g/mol. The maximum Gasteiger partial charge on any atom is 0.339 e. The number of aromatic nitrogens is 1. The SMILES string of the molecule is COC(=O)c1ccccc1N1CC(C(=O)Nc2nc(CN(C)C)cs2)CC1=O. The molecule has 1 aromatic carbocycles. The second-order valence-corrected chi connectivity index (χ2v) is 7.64. The van der Waals surface area contributed by atoms with Crippen molar-refractivity contribution < 1.29 is 19.1 Å². The highest BCUT2D eigenvalue weighted by atomic mass is 32.1. The van der Waals surface area contributed by atoms with Gasteiger partial charge in [-0.05, 0) is 26.2 Å². The first-order valence-corrected chi connectivity index (χ1v) is 9.64. The second-order valence-electron chi connectivity index (χ2n) is 6.79. The van der Waals surface area contributed by atoms with Crippen molar-refractivity contribution in [2.75, 3.05) is 38.0 Å². The Labute approximate surface area is 167 Å². The van der Waals surface area contributed by atoms with Crippen molar-refractivity contribution in [3.8, 4) is 0 Å². The van der Waals surface area contributed by atoms with Crippen LogP contribution in [0.25, 0.3) is 0 Å². The van der Waals surface area contributed by atoms with E-state index in [0.29, 0.717) is 22.9 Å². The molecule has 0 bridgehead atoms. The third kappa shape index (κ3) is 4.37. The van der Waals surface area contributed by atoms with Crippen LogP contribution >= 0.6 is 11.3 Å². The van der Waals surface area contributed by atoms with Crippen molar-refractivity contribution in [2.45, 2.75) is 13.0 Å². The van der Waals surface area contributed by atoms with Gasteiger partial charge in [-0.3, -0.25) is 9.59 Å². The Bertz CT molecular complexity index is 896. The van der Waals surface area contributed by atoms with Gasteiger partial charge >= 0.3 is 5.97 Å². The molecule has 1 unspecified atom stereocenters. The van der Waals surface area contributed by atoms with Gasteiger partial charge in [0.1, 0.15) is 0 Å². The molecule has 2 amide bonds. The van der Waals surface area contributed by atoms with Crippen LogP contribution in [0.5, 0.6) is 0 Å². The molecule has 1 aromatic heterocycles. The van der Waals surface area contributed by atoms with Gasteiger partial charge in [-0.1, -0.05) is 12.1 Å². The highest BCUT2D eigenvalue weighted by Crippen LogP contribution is 2.29. The Balaban J connectivity index is 1.70. The van der Waals surface area contributed by atoms with Gasteiger partial charge in [0.2, 0.25) is 11.8 Å². The number of methoxy groups -OCH3 is 1. The van der Waals surface area contributed by atoms with Gasteiger partial charge in [0.05, 0.1) is 30.0 Å². The zero-order valence-electron chi connectivity index (χ0n) is 16.0. The highest BCUT2D eigenvalue weighted by molar-refractivity contribution is 7.13. The molecule has 3 rings (SSSR count). The van der Waals surface area contributed by atoms with Gasteiger partial charge in [0.25, 0.3) is 0 Å². The molecule has 1 saturated heterocycles. The number of benzene rings is 1. The van der Waals surface area contributed by atoms with Crippen molar-refractivity contribution in [1.29, 1.82) is 0 Å². The Kier molecular flexibility index (Phi) is 6.05. The smallest absolute Gasteiger partial charge is 0.339 e. The lowest BCUT2D eigenvalue weighted by atomic mass is 10.1. The first-order chi connectivity index (χ1) is 13.4. The van der Waals surface area contributed by atoms with E-state index in [-0.39, 0.29) is 24.8 Å². The van der Waals surface area contributed by atoms with Crippen LogP contribution < -0.4 is 10.2 Å². The molecule has 8 nitrogen and oxygen atoms in total. The number of anilines is 2. The Morgan fingerprint density at radius 2 is 2.11 bits per heavy atom. The molecule has 9 heteroatoms. The quantitative estimate of drug-likeness (QED) is 0.743. The van der Waals surface area contributed by atoms with E-state index in [1.807, 2.05) is 24.4 Å². The number of nitrogens with one attached hydrogen (secondary N) is 1. The molecule has 1 fully saturated rings. The fraction of sp³-hybridized carbons (Fsp3) is 0.368. The maximum atomic E-state index is 12.6. The molecule has 1 atom stereocenters. The number of thiazole rings is 1. The molecule has 148 valence electrons. The van der Waals surface area contributed by atoms with E-state index in [1.54, 1.807) is 24.3 Å². The minimum Gasteiger partial charge on any atom is -0.465 e. The first kappa shape index (κ1) is 20.0. The number of carbonyl (C=O) groups is 3. The molecule has 2 aromatic rings. The fourth-order valence-electron chi connectivity index (χ4n) is 3.08. The molecule has 28 heavy (non-hydrogen) atoms. The summed E-state index contributed by atoms with van der Waals surface area (Å²) in [6.07, 6.45) is 0.0806. The van der Waals surface area contributed by atoms with Crippen LogP contribution in [0.2, 0.25) is 0 Å². The molecular formula is C19H22N4O4S. The summed E-state index contributed by atoms with van der Waals surface area (Å²) < 4.78 is 4.79. The molecule has 1 N–H and O–H groups in total. The summed E-state index contributed by atoms with van der Waals surface area (Å²) in [6.45, 7) is 0.890. The molecule has 0 radical (unpaired) electrons. The van der Waals surface area contributed by atoms with Crippen molar-refractivity contribution in [3.63, 3.8) is 0 Å². The number of carbonyl (C=O) groups excluding carboxylic acids is 3. The average Bonchev–Trinajstić information content (AvgIpc) is 3.26. The molecule has 2 heterocycles. The highest BCUT2D eigenvalue weighted by Gasteiger charge is 2.37. The third-order valence-electron chi connectivity index (χ3n) is 4.36. The number of hydrogen-bond donors (Lipinski definition) is 1. The minimum atomic E-state index is -0.521. The van der Waals surface area contributed by atoms with E-state index < -0.39 is 11.9 Å². The van der Waals surface area contributed by atoms with Crippen molar-refractivity contribution in [3.05, 3.63) is 40.9 Å². The number of amides is 2. The molecular weight excluding hydrogens is 380 g/mol. The summed E-state index contributed by atoms with van der Waals surface area (Å²) >= 11 is 1.36. The Hall–Kier alpha value is -2.78. The molecule has 1 aliphatic heterocycles. The van der Waals surface area contributed by atoms with Gasteiger partial charge in [-0.25, -0.2) is 9.78 Å². The van der Waals surface area contributed by atoms with E-state index in [1.165, 1.54) is 23.3 Å². The van der Waals surface area contributed by atoms with E-state index in [9.17, 15) is 14.4 Å². The van der Waals surface area contributed by atoms with E-state index >= 15 is 0 Å². The largest absolute Gasteiger partial charge is 0.465 e. The summed E-state index contributed by atoms with van der Waals surface area (Å²) in [5, 5.41) is 5.21. The van der Waals surface area contributed by atoms with Crippen LogP contribution in [0.3, 0.4) is 0 Å². The number of para-hydroxylation sites is 1. The van der Waals surface area contributed by atoms with Crippen LogP contribution in [0.1, 0.15) is 22.5 Å². The third-order valence-corrected chi connectivity index (χ3v) is 5.16. The van der Waals surface area contributed by atoms with Gasteiger partial charge in [-0.2, -0.15) is 0 Å². The summed E-state index contributed by atoms with van der Waals surface area (Å²) in [5.74, 6) is -1.49. The van der Waals surface area contributed by atoms with Crippen LogP contribution in [-0.2, 0) is 20.9 Å². The topological polar surface area (TPSA) is 91.8 Å². The number of esters is 1. The van der Waals surface area contributed by atoms with Crippen LogP contribution in [-0.4, -0.2) is 55.4 Å². The number of hydrogen-bond acceptors (Lipinski definition) is 7. The lowest BCUT2D eigenvalue weighted by Gasteiger charge is -2.19. The Morgan fingerprint density at radius 3 is 2.82 bits per heavy atom. The second kappa shape index (κ2) is 8.49. The predicted octanol–water partition coefficient (Wildman–Crippen LogP) is 1.98. The van der Waals surface area contributed by atoms with E-state index in [4.69, 9.17) is 4.74 Å². The maximum absolute atomic E-state index is 12.6. The van der Waals surface area contributed by atoms with Gasteiger partial charge < -0.3 is 19.9 Å². The van der Waals surface area contributed by atoms with Crippen molar-refractivity contribution in [1.82, 2.24) is 9.88 Å². The summed E-state index contributed by atoms with van der Waals surface area (Å²) in [4.78, 5) is 45.0. The number of ether oxygens (including phenoxy) is 1. The number of nitrogens with zero attached hydrogens (tertiary/aromatic N) is 3. The Morgan fingerprint density at radius 1 is 1.36 bits per heavy atom. The summed E-state index contributed by atoms with van der Waals surface area (Å²) in [5.41, 5.74) is 1.63. The van der Waals surface area contributed by atoms with E-state index in [2.05, 4.69) is 10.3 Å². The zero-order valence-corrected chi connectivity index (χ0v) is 16.8. The zero-order chi connectivity index (χ0) is 20.3. The van der Waals surface area contributed by atoms with Gasteiger partial charge in [-0.15, -0.1) is 11.3 Å². The van der Waals surface area contributed by atoms with Crippen LogP contribution in [0, 0.1) is 5.92 Å². The molecule has 1 aliphatic rings.